The summed E-state index contributed by atoms with van der Waals surface area (Å²) < 4.78 is 1.40. The van der Waals surface area contributed by atoms with E-state index in [0.717, 1.165) is 18.6 Å². The van der Waals surface area contributed by atoms with Crippen molar-refractivity contribution in [1.29, 1.82) is 0 Å². The molecule has 1 aromatic carbocycles. The van der Waals surface area contributed by atoms with Crippen LogP contribution < -0.4 is 11.0 Å². The van der Waals surface area contributed by atoms with Crippen molar-refractivity contribution >= 4 is 22.4 Å². The van der Waals surface area contributed by atoms with Crippen molar-refractivity contribution in [3.05, 3.63) is 40.3 Å². The second kappa shape index (κ2) is 6.78. The van der Waals surface area contributed by atoms with Crippen molar-refractivity contribution in [1.82, 2.24) is 15.2 Å². The van der Waals surface area contributed by atoms with Gasteiger partial charge in [-0.3, -0.25) is 9.59 Å². The average Bonchev–Trinajstić information content (AvgIpc) is 3.01. The summed E-state index contributed by atoms with van der Waals surface area (Å²) in [6.07, 6.45) is 3.27. The molecule has 1 amide bonds. The van der Waals surface area contributed by atoms with Crippen LogP contribution >= 0.6 is 0 Å². The molecule has 29 heavy (non-hydrogen) atoms. The molecule has 0 radical (unpaired) electrons. The second-order valence-corrected chi connectivity index (χ2v) is 9.77. The van der Waals surface area contributed by atoms with Crippen LogP contribution in [0.1, 0.15) is 64.4 Å². The number of nitrogens with zero attached hydrogens (tertiary/aromatic N) is 3. The van der Waals surface area contributed by atoms with Crippen LogP contribution in [-0.2, 0) is 6.54 Å². The highest BCUT2D eigenvalue weighted by molar-refractivity contribution is 6.05. The molecular weight excluding hydrogens is 364 g/mol. The largest absolute Gasteiger partial charge is 0.292 e. The Morgan fingerprint density at radius 1 is 1.28 bits per heavy atom. The van der Waals surface area contributed by atoms with E-state index in [0.29, 0.717) is 23.2 Å². The van der Waals surface area contributed by atoms with E-state index in [-0.39, 0.29) is 33.9 Å². The highest BCUT2D eigenvalue weighted by Gasteiger charge is 2.60. The van der Waals surface area contributed by atoms with Gasteiger partial charge in [0, 0.05) is 23.1 Å². The zero-order chi connectivity index (χ0) is 21.0. The quantitative estimate of drug-likeness (QED) is 0.797. The van der Waals surface area contributed by atoms with E-state index in [4.69, 9.17) is 0 Å². The van der Waals surface area contributed by atoms with Crippen LogP contribution in [-0.4, -0.2) is 21.4 Å². The first kappa shape index (κ1) is 19.8. The highest BCUT2D eigenvalue weighted by atomic mass is 16.2. The lowest BCUT2D eigenvalue weighted by Gasteiger charge is -2.34. The number of benzene rings is 1. The van der Waals surface area contributed by atoms with Crippen molar-refractivity contribution in [2.75, 3.05) is 0 Å². The topological polar surface area (TPSA) is 76.3 Å². The van der Waals surface area contributed by atoms with E-state index in [2.05, 4.69) is 36.4 Å². The van der Waals surface area contributed by atoms with Crippen LogP contribution in [0.15, 0.2) is 34.2 Å². The standard InChI is InChI=1S/C23H30N4O2/c1-14(2)13-27-21(29)17-9-7-6-8-16(17)19(26-27)20(28)25-24-18-12-15-10-11-23(18,5)22(15,3)4/h6-9,14-15H,10-13H2,1-5H3,(H,25,28)/b24-18-/t15-,23-/m1/s1. The van der Waals surface area contributed by atoms with Gasteiger partial charge in [0.1, 0.15) is 0 Å². The lowest BCUT2D eigenvalue weighted by molar-refractivity contribution is 0.0948. The van der Waals surface area contributed by atoms with Crippen LogP contribution in [0.2, 0.25) is 0 Å². The number of carbonyl (C=O) groups is 1. The Kier molecular flexibility index (Phi) is 4.63. The van der Waals surface area contributed by atoms with Crippen molar-refractivity contribution in [3.63, 3.8) is 0 Å². The lowest BCUT2D eigenvalue weighted by atomic mass is 9.70. The summed E-state index contributed by atoms with van der Waals surface area (Å²) in [6, 6.07) is 7.15. The maximum Gasteiger partial charge on any atom is 0.292 e. The molecular formula is C23H30N4O2. The number of carbonyl (C=O) groups excluding carboxylic acids is 1. The molecule has 2 aromatic rings. The average molecular weight is 395 g/mol. The molecule has 2 bridgehead atoms. The zero-order valence-electron chi connectivity index (χ0n) is 18.0. The summed E-state index contributed by atoms with van der Waals surface area (Å²) >= 11 is 0. The molecule has 2 atom stereocenters. The minimum atomic E-state index is -0.365. The number of fused-ring (bicyclic) bond motifs is 3. The number of amides is 1. The van der Waals surface area contributed by atoms with Gasteiger partial charge in [0.2, 0.25) is 0 Å². The van der Waals surface area contributed by atoms with Crippen molar-refractivity contribution < 1.29 is 4.79 Å². The van der Waals surface area contributed by atoms with Gasteiger partial charge in [0.25, 0.3) is 11.5 Å². The Morgan fingerprint density at radius 3 is 2.55 bits per heavy atom. The molecule has 0 aliphatic heterocycles. The van der Waals surface area contributed by atoms with Gasteiger partial charge in [-0.2, -0.15) is 10.2 Å². The van der Waals surface area contributed by atoms with E-state index in [9.17, 15) is 9.59 Å². The van der Waals surface area contributed by atoms with Gasteiger partial charge in [-0.25, -0.2) is 10.1 Å². The summed E-state index contributed by atoms with van der Waals surface area (Å²) in [4.78, 5) is 25.8. The maximum atomic E-state index is 13.0. The van der Waals surface area contributed by atoms with Gasteiger partial charge in [0.15, 0.2) is 5.69 Å². The molecule has 6 heteroatoms. The highest BCUT2D eigenvalue weighted by Crippen LogP contribution is 2.63. The molecule has 4 rings (SSSR count). The smallest absolute Gasteiger partial charge is 0.267 e. The summed E-state index contributed by atoms with van der Waals surface area (Å²) in [5.41, 5.74) is 4.13. The molecule has 2 aliphatic rings. The molecule has 0 unspecified atom stereocenters. The van der Waals surface area contributed by atoms with E-state index in [1.54, 1.807) is 12.1 Å². The van der Waals surface area contributed by atoms with Crippen molar-refractivity contribution in [3.8, 4) is 0 Å². The van der Waals surface area contributed by atoms with Gasteiger partial charge >= 0.3 is 0 Å². The molecule has 6 nitrogen and oxygen atoms in total. The fourth-order valence-electron chi connectivity index (χ4n) is 5.14. The van der Waals surface area contributed by atoms with Crippen LogP contribution in [0.3, 0.4) is 0 Å². The van der Waals surface area contributed by atoms with Crippen molar-refractivity contribution in [2.45, 2.75) is 60.4 Å². The van der Waals surface area contributed by atoms with E-state index >= 15 is 0 Å². The van der Waals surface area contributed by atoms with E-state index in [1.165, 1.54) is 11.1 Å². The predicted molar refractivity (Wildman–Crippen MR) is 115 cm³/mol. The second-order valence-electron chi connectivity index (χ2n) is 9.77. The summed E-state index contributed by atoms with van der Waals surface area (Å²) in [6.45, 7) is 11.4. The molecule has 2 fully saturated rings. The molecule has 154 valence electrons. The monoisotopic (exact) mass is 394 g/mol. The summed E-state index contributed by atoms with van der Waals surface area (Å²) in [5, 5.41) is 10.0. The van der Waals surface area contributed by atoms with Gasteiger partial charge in [-0.15, -0.1) is 0 Å². The Bertz CT molecular complexity index is 1070. The third-order valence-corrected chi connectivity index (χ3v) is 7.43. The fourth-order valence-corrected chi connectivity index (χ4v) is 5.14. The van der Waals surface area contributed by atoms with E-state index in [1.807, 2.05) is 26.0 Å². The van der Waals surface area contributed by atoms with Gasteiger partial charge in [-0.1, -0.05) is 52.8 Å². The summed E-state index contributed by atoms with van der Waals surface area (Å²) in [7, 11) is 0. The number of rotatable bonds is 4. The molecule has 0 spiro atoms. The zero-order valence-corrected chi connectivity index (χ0v) is 18.0. The molecule has 1 N–H and O–H groups in total. The molecule has 0 saturated heterocycles. The normalized spacial score (nSPS) is 26.6. The van der Waals surface area contributed by atoms with Crippen LogP contribution in [0, 0.1) is 22.7 Å². The third kappa shape index (κ3) is 3.00. The molecule has 2 aliphatic carbocycles. The minimum absolute atomic E-state index is 0.0247. The molecule has 1 heterocycles. The Morgan fingerprint density at radius 2 is 1.97 bits per heavy atom. The number of hydrogen-bond donors (Lipinski definition) is 1. The number of hydrazone groups is 1. The number of nitrogens with one attached hydrogen (secondary N) is 1. The minimum Gasteiger partial charge on any atom is -0.267 e. The first-order valence-corrected chi connectivity index (χ1v) is 10.5. The first-order chi connectivity index (χ1) is 13.6. The lowest BCUT2D eigenvalue weighted by Crippen LogP contribution is -2.35. The van der Waals surface area contributed by atoms with E-state index < -0.39 is 0 Å². The first-order valence-electron chi connectivity index (χ1n) is 10.5. The molecule has 1 aromatic heterocycles. The Balaban J connectivity index is 1.69. The predicted octanol–water partition coefficient (Wildman–Crippen LogP) is 3.98. The summed E-state index contributed by atoms with van der Waals surface area (Å²) in [5.74, 6) is 0.499. The van der Waals surface area contributed by atoms with Crippen LogP contribution in [0.5, 0.6) is 0 Å². The van der Waals surface area contributed by atoms with Crippen LogP contribution in [0.25, 0.3) is 10.8 Å². The maximum absolute atomic E-state index is 13.0. The third-order valence-electron chi connectivity index (χ3n) is 7.43. The van der Waals surface area contributed by atoms with Gasteiger partial charge in [0.05, 0.1) is 5.39 Å². The number of hydrogen-bond acceptors (Lipinski definition) is 4. The fraction of sp³-hybridized carbons (Fsp3) is 0.565. The molecule has 2 saturated carbocycles. The SMILES string of the molecule is CC(C)Cn1nc(C(=O)N/N=C2/C[C@H]3CC[C@@]2(C)C3(C)C)c2ccccc2c1=O. The Hall–Kier alpha value is -2.50. The van der Waals surface area contributed by atoms with Crippen molar-refractivity contribution in [2.24, 2.45) is 27.8 Å². The van der Waals surface area contributed by atoms with Gasteiger partial charge < -0.3 is 0 Å². The Labute approximate surface area is 171 Å². The van der Waals surface area contributed by atoms with Gasteiger partial charge in [-0.05, 0) is 42.6 Å². The number of aromatic nitrogens is 2. The van der Waals surface area contributed by atoms with Crippen LogP contribution in [0.4, 0.5) is 0 Å².